The maximum Gasteiger partial charge on any atom is 0.228 e. The number of rotatable bonds is 6. The molecule has 0 saturated carbocycles. The summed E-state index contributed by atoms with van der Waals surface area (Å²) in [6.07, 6.45) is 3.48. The van der Waals surface area contributed by atoms with E-state index in [1.807, 2.05) is 44.2 Å². The molecule has 0 bridgehead atoms. The minimum Gasteiger partial charge on any atom is -0.489 e. The number of nitrogens with zero attached hydrogens (tertiary/aromatic N) is 1. The van der Waals surface area contributed by atoms with Gasteiger partial charge in [-0.25, -0.2) is 0 Å². The monoisotopic (exact) mass is 299 g/mol. The average Bonchev–Trinajstić information content (AvgIpc) is 2.53. The molecule has 0 aliphatic heterocycles. The second kappa shape index (κ2) is 7.56. The molecule has 22 heavy (non-hydrogen) atoms. The van der Waals surface area contributed by atoms with E-state index < -0.39 is 0 Å². The molecular formula is C17H21N3O2. The van der Waals surface area contributed by atoms with E-state index in [2.05, 4.69) is 10.3 Å². The van der Waals surface area contributed by atoms with E-state index in [1.165, 1.54) is 0 Å². The molecule has 0 aliphatic carbocycles. The van der Waals surface area contributed by atoms with Crippen LogP contribution in [0.2, 0.25) is 0 Å². The average molecular weight is 299 g/mol. The van der Waals surface area contributed by atoms with Crippen LogP contribution >= 0.6 is 0 Å². The van der Waals surface area contributed by atoms with Gasteiger partial charge in [0.25, 0.3) is 0 Å². The SMILES string of the molecule is CC(N)C(C)C(=O)Nc1cccc(OCc2cccnc2)c1. The summed E-state index contributed by atoms with van der Waals surface area (Å²) in [5, 5.41) is 2.85. The van der Waals surface area contributed by atoms with Gasteiger partial charge in [-0.15, -0.1) is 0 Å². The first-order chi connectivity index (χ1) is 10.6. The number of nitrogens with two attached hydrogens (primary N) is 1. The van der Waals surface area contributed by atoms with Crippen molar-refractivity contribution in [1.82, 2.24) is 4.98 Å². The van der Waals surface area contributed by atoms with E-state index in [4.69, 9.17) is 10.5 Å². The minimum absolute atomic E-state index is 0.0978. The van der Waals surface area contributed by atoms with E-state index in [9.17, 15) is 4.79 Å². The summed E-state index contributed by atoms with van der Waals surface area (Å²) in [5.74, 6) is 0.342. The molecule has 0 aliphatic rings. The fourth-order valence-electron chi connectivity index (χ4n) is 1.81. The number of nitrogens with one attached hydrogen (secondary N) is 1. The van der Waals surface area contributed by atoms with Crippen LogP contribution in [0.25, 0.3) is 0 Å². The first-order valence-electron chi connectivity index (χ1n) is 7.24. The number of carbonyl (C=O) groups is 1. The third-order valence-corrected chi connectivity index (χ3v) is 3.43. The fourth-order valence-corrected chi connectivity index (χ4v) is 1.81. The Morgan fingerprint density at radius 2 is 2.14 bits per heavy atom. The Labute approximate surface area is 130 Å². The standard InChI is InChI=1S/C17H21N3O2/c1-12(13(2)18)17(21)20-15-6-3-7-16(9-15)22-11-14-5-4-8-19-10-14/h3-10,12-13H,11,18H2,1-2H3,(H,20,21). The Morgan fingerprint density at radius 1 is 1.32 bits per heavy atom. The number of hydrogen-bond acceptors (Lipinski definition) is 4. The van der Waals surface area contributed by atoms with E-state index in [-0.39, 0.29) is 17.9 Å². The molecule has 3 N–H and O–H groups in total. The van der Waals surface area contributed by atoms with Gasteiger partial charge in [0.15, 0.2) is 0 Å². The van der Waals surface area contributed by atoms with Crippen LogP contribution in [-0.4, -0.2) is 16.9 Å². The van der Waals surface area contributed by atoms with E-state index in [1.54, 1.807) is 18.5 Å². The van der Waals surface area contributed by atoms with Gasteiger partial charge in [-0.1, -0.05) is 19.1 Å². The number of aromatic nitrogens is 1. The van der Waals surface area contributed by atoms with Crippen molar-refractivity contribution in [2.45, 2.75) is 26.5 Å². The summed E-state index contributed by atoms with van der Waals surface area (Å²) in [7, 11) is 0. The van der Waals surface area contributed by atoms with Crippen LogP contribution in [0.5, 0.6) is 5.75 Å². The van der Waals surface area contributed by atoms with Gasteiger partial charge in [0.1, 0.15) is 12.4 Å². The lowest BCUT2D eigenvalue weighted by molar-refractivity contribution is -0.119. The highest BCUT2D eigenvalue weighted by molar-refractivity contribution is 5.92. The van der Waals surface area contributed by atoms with Crippen LogP contribution in [-0.2, 0) is 11.4 Å². The molecule has 0 fully saturated rings. The van der Waals surface area contributed by atoms with Gasteiger partial charge in [-0.3, -0.25) is 9.78 Å². The summed E-state index contributed by atoms with van der Waals surface area (Å²) in [4.78, 5) is 16.0. The second-order valence-electron chi connectivity index (χ2n) is 5.31. The molecule has 0 radical (unpaired) electrons. The van der Waals surface area contributed by atoms with Crippen LogP contribution in [0.1, 0.15) is 19.4 Å². The first-order valence-corrected chi connectivity index (χ1v) is 7.24. The van der Waals surface area contributed by atoms with Crippen LogP contribution < -0.4 is 15.8 Å². The maximum absolute atomic E-state index is 12.0. The zero-order valence-electron chi connectivity index (χ0n) is 12.8. The molecule has 5 heteroatoms. The number of ether oxygens (including phenoxy) is 1. The van der Waals surface area contributed by atoms with Crippen molar-refractivity contribution in [3.8, 4) is 5.75 Å². The third-order valence-electron chi connectivity index (χ3n) is 3.43. The number of hydrogen-bond donors (Lipinski definition) is 2. The number of benzene rings is 1. The van der Waals surface area contributed by atoms with Gasteiger partial charge in [0.2, 0.25) is 5.91 Å². The van der Waals surface area contributed by atoms with E-state index in [0.717, 1.165) is 5.56 Å². The Bertz CT molecular complexity index is 614. The second-order valence-corrected chi connectivity index (χ2v) is 5.31. The third kappa shape index (κ3) is 4.56. The maximum atomic E-state index is 12.0. The zero-order chi connectivity index (χ0) is 15.9. The van der Waals surface area contributed by atoms with Crippen molar-refractivity contribution in [3.05, 3.63) is 54.4 Å². The molecule has 1 aromatic carbocycles. The Kier molecular flexibility index (Phi) is 5.49. The first kappa shape index (κ1) is 16.0. The zero-order valence-corrected chi connectivity index (χ0v) is 12.8. The summed E-state index contributed by atoms with van der Waals surface area (Å²) in [6.45, 7) is 4.06. The summed E-state index contributed by atoms with van der Waals surface area (Å²) in [5.41, 5.74) is 7.43. The van der Waals surface area contributed by atoms with Crippen LogP contribution in [0.4, 0.5) is 5.69 Å². The van der Waals surface area contributed by atoms with Gasteiger partial charge in [0, 0.05) is 35.8 Å². The van der Waals surface area contributed by atoms with Crippen LogP contribution in [0.3, 0.4) is 0 Å². The van der Waals surface area contributed by atoms with Crippen molar-refractivity contribution in [1.29, 1.82) is 0 Å². The lowest BCUT2D eigenvalue weighted by Gasteiger charge is -2.15. The van der Waals surface area contributed by atoms with Crippen molar-refractivity contribution in [2.24, 2.45) is 11.7 Å². The topological polar surface area (TPSA) is 77.2 Å². The van der Waals surface area contributed by atoms with E-state index in [0.29, 0.717) is 18.0 Å². The molecular weight excluding hydrogens is 278 g/mol. The molecule has 1 amide bonds. The number of carbonyl (C=O) groups excluding carboxylic acids is 1. The molecule has 2 atom stereocenters. The Morgan fingerprint density at radius 3 is 2.82 bits per heavy atom. The smallest absolute Gasteiger partial charge is 0.228 e. The number of amides is 1. The van der Waals surface area contributed by atoms with Gasteiger partial charge in [-0.05, 0) is 25.1 Å². The van der Waals surface area contributed by atoms with Gasteiger partial charge in [-0.2, -0.15) is 0 Å². The van der Waals surface area contributed by atoms with Gasteiger partial charge < -0.3 is 15.8 Å². The predicted octanol–water partition coefficient (Wildman–Crippen LogP) is 2.58. The largest absolute Gasteiger partial charge is 0.489 e. The fraction of sp³-hybridized carbons (Fsp3) is 0.294. The quantitative estimate of drug-likeness (QED) is 0.859. The van der Waals surface area contributed by atoms with Crippen molar-refractivity contribution >= 4 is 11.6 Å². The lowest BCUT2D eigenvalue weighted by Crippen LogP contribution is -2.34. The van der Waals surface area contributed by atoms with Crippen molar-refractivity contribution in [3.63, 3.8) is 0 Å². The highest BCUT2D eigenvalue weighted by Crippen LogP contribution is 2.19. The number of anilines is 1. The molecule has 2 aromatic rings. The van der Waals surface area contributed by atoms with Gasteiger partial charge in [0.05, 0.1) is 5.92 Å². The molecule has 2 unspecified atom stereocenters. The summed E-state index contributed by atoms with van der Waals surface area (Å²) in [6, 6.07) is 10.9. The Hall–Kier alpha value is -2.40. The predicted molar refractivity (Wildman–Crippen MR) is 86.5 cm³/mol. The van der Waals surface area contributed by atoms with Crippen LogP contribution in [0, 0.1) is 5.92 Å². The highest BCUT2D eigenvalue weighted by atomic mass is 16.5. The lowest BCUT2D eigenvalue weighted by atomic mass is 10.0. The van der Waals surface area contributed by atoms with Crippen LogP contribution in [0.15, 0.2) is 48.8 Å². The highest BCUT2D eigenvalue weighted by Gasteiger charge is 2.17. The molecule has 0 spiro atoms. The molecule has 2 rings (SSSR count). The summed E-state index contributed by atoms with van der Waals surface area (Å²) < 4.78 is 5.71. The molecule has 1 heterocycles. The molecule has 0 saturated heterocycles. The minimum atomic E-state index is -0.250. The van der Waals surface area contributed by atoms with Gasteiger partial charge >= 0.3 is 0 Å². The Balaban J connectivity index is 1.96. The molecule has 1 aromatic heterocycles. The van der Waals surface area contributed by atoms with Crippen molar-refractivity contribution < 1.29 is 9.53 Å². The molecule has 5 nitrogen and oxygen atoms in total. The van der Waals surface area contributed by atoms with E-state index >= 15 is 0 Å². The normalized spacial score (nSPS) is 13.2. The summed E-state index contributed by atoms with van der Waals surface area (Å²) >= 11 is 0. The molecule has 116 valence electrons. The number of pyridine rings is 1. The van der Waals surface area contributed by atoms with Crippen molar-refractivity contribution in [2.75, 3.05) is 5.32 Å².